The summed E-state index contributed by atoms with van der Waals surface area (Å²) in [5.74, 6) is 0.181. The predicted molar refractivity (Wildman–Crippen MR) is 99.9 cm³/mol. The number of likely N-dealkylation sites (N-methyl/N-ethyl adjacent to an activating group) is 1. The van der Waals surface area contributed by atoms with E-state index in [-0.39, 0.29) is 18.4 Å². The van der Waals surface area contributed by atoms with Crippen LogP contribution in [0.3, 0.4) is 0 Å². The number of aryl methyl sites for hydroxylation is 2. The first-order valence-corrected chi connectivity index (χ1v) is 8.52. The van der Waals surface area contributed by atoms with Gasteiger partial charge in [-0.05, 0) is 37.6 Å². The Morgan fingerprint density at radius 1 is 1.36 bits per heavy atom. The number of methoxy groups -OCH3 is 1. The lowest BCUT2D eigenvalue weighted by molar-refractivity contribution is -0.129. The highest BCUT2D eigenvalue weighted by atomic mass is 32.1. The van der Waals surface area contributed by atoms with Crippen LogP contribution in [0.5, 0.6) is 5.75 Å². The van der Waals surface area contributed by atoms with Gasteiger partial charge in [-0.2, -0.15) is 0 Å². The topological polar surface area (TPSA) is 71.5 Å². The molecule has 0 aliphatic rings. The molecule has 2 aromatic rings. The van der Waals surface area contributed by atoms with Crippen LogP contribution in [0.25, 0.3) is 6.08 Å². The molecule has 1 N–H and O–H groups in total. The molecule has 1 heterocycles. The highest BCUT2D eigenvalue weighted by Crippen LogP contribution is 2.20. The zero-order valence-electron chi connectivity index (χ0n) is 14.7. The van der Waals surface area contributed by atoms with Crippen molar-refractivity contribution in [3.63, 3.8) is 0 Å². The normalized spacial score (nSPS) is 10.7. The second-order valence-electron chi connectivity index (χ2n) is 5.51. The van der Waals surface area contributed by atoms with Crippen LogP contribution < -0.4 is 10.1 Å². The molecule has 0 spiro atoms. The average molecular weight is 359 g/mol. The van der Waals surface area contributed by atoms with E-state index >= 15 is 0 Å². The number of aromatic nitrogens is 1. The minimum Gasteiger partial charge on any atom is -0.497 e. The molecule has 0 unspecified atom stereocenters. The molecule has 0 saturated carbocycles. The van der Waals surface area contributed by atoms with Gasteiger partial charge in [0.1, 0.15) is 5.75 Å². The molecule has 6 nitrogen and oxygen atoms in total. The van der Waals surface area contributed by atoms with Crippen LogP contribution in [0.1, 0.15) is 16.1 Å². The number of nitrogens with one attached hydrogen (secondary N) is 1. The van der Waals surface area contributed by atoms with Gasteiger partial charge in [0.15, 0.2) is 5.13 Å². The maximum atomic E-state index is 12.1. The third-order valence-electron chi connectivity index (χ3n) is 3.54. The zero-order chi connectivity index (χ0) is 18.4. The van der Waals surface area contributed by atoms with Crippen molar-refractivity contribution in [3.8, 4) is 5.75 Å². The number of hydrogen-bond acceptors (Lipinski definition) is 5. The molecule has 132 valence electrons. The minimum absolute atomic E-state index is 0.0427. The number of benzene rings is 1. The van der Waals surface area contributed by atoms with Crippen LogP contribution in [0, 0.1) is 13.8 Å². The summed E-state index contributed by atoms with van der Waals surface area (Å²) in [5.41, 5.74) is 1.74. The molecule has 0 radical (unpaired) electrons. The molecular formula is C18H21N3O3S. The van der Waals surface area contributed by atoms with Crippen molar-refractivity contribution in [3.05, 3.63) is 46.5 Å². The summed E-state index contributed by atoms with van der Waals surface area (Å²) in [6.45, 7) is 3.79. The van der Waals surface area contributed by atoms with Gasteiger partial charge in [0.2, 0.25) is 11.8 Å². The molecule has 1 aromatic heterocycles. The molecule has 0 bridgehead atoms. The van der Waals surface area contributed by atoms with Gasteiger partial charge in [0.05, 0.1) is 19.3 Å². The van der Waals surface area contributed by atoms with Gasteiger partial charge in [0, 0.05) is 18.0 Å². The quantitative estimate of drug-likeness (QED) is 0.805. The first-order chi connectivity index (χ1) is 11.9. The number of rotatable bonds is 6. The lowest BCUT2D eigenvalue weighted by Crippen LogP contribution is -2.33. The molecule has 0 saturated heterocycles. The van der Waals surface area contributed by atoms with Crippen LogP contribution in [-0.4, -0.2) is 42.4 Å². The van der Waals surface area contributed by atoms with Gasteiger partial charge in [-0.3, -0.25) is 9.59 Å². The van der Waals surface area contributed by atoms with Crippen LogP contribution in [0.2, 0.25) is 0 Å². The van der Waals surface area contributed by atoms with E-state index in [0.29, 0.717) is 5.13 Å². The van der Waals surface area contributed by atoms with Crippen molar-refractivity contribution in [1.82, 2.24) is 9.88 Å². The smallest absolute Gasteiger partial charge is 0.246 e. The average Bonchev–Trinajstić information content (AvgIpc) is 2.89. The SMILES string of the molecule is COc1cccc(/C=C/C(=O)N(C)CC(=O)Nc2nc(C)c(C)s2)c1. The van der Waals surface area contributed by atoms with Crippen molar-refractivity contribution < 1.29 is 14.3 Å². The number of carbonyl (C=O) groups is 2. The monoisotopic (exact) mass is 359 g/mol. The molecule has 0 fully saturated rings. The molecule has 0 atom stereocenters. The second-order valence-corrected chi connectivity index (χ2v) is 6.72. The molecule has 0 aliphatic carbocycles. The van der Waals surface area contributed by atoms with Gasteiger partial charge in [-0.1, -0.05) is 12.1 Å². The molecule has 7 heteroatoms. The summed E-state index contributed by atoms with van der Waals surface area (Å²) in [7, 11) is 3.17. The minimum atomic E-state index is -0.278. The lowest BCUT2D eigenvalue weighted by atomic mass is 10.2. The van der Waals surface area contributed by atoms with Crippen LogP contribution in [0.15, 0.2) is 30.3 Å². The number of nitrogens with zero attached hydrogens (tertiary/aromatic N) is 2. The van der Waals surface area contributed by atoms with E-state index in [1.807, 2.05) is 38.1 Å². The standard InChI is InChI=1S/C18H21N3O3S/c1-12-13(2)25-18(19-12)20-16(22)11-21(3)17(23)9-8-14-6-5-7-15(10-14)24-4/h5-10H,11H2,1-4H3,(H,19,20,22)/b9-8+. The number of carbonyl (C=O) groups excluding carboxylic acids is 2. The number of hydrogen-bond donors (Lipinski definition) is 1. The van der Waals surface area contributed by atoms with E-state index in [1.54, 1.807) is 20.2 Å². The molecule has 0 aliphatic heterocycles. The van der Waals surface area contributed by atoms with Crippen molar-refractivity contribution in [1.29, 1.82) is 0 Å². The maximum Gasteiger partial charge on any atom is 0.246 e. The Balaban J connectivity index is 1.90. The van der Waals surface area contributed by atoms with Gasteiger partial charge in [0.25, 0.3) is 0 Å². The highest BCUT2D eigenvalue weighted by Gasteiger charge is 2.13. The van der Waals surface area contributed by atoms with Crippen molar-refractivity contribution in [2.75, 3.05) is 26.0 Å². The first kappa shape index (κ1) is 18.7. The van der Waals surface area contributed by atoms with E-state index in [9.17, 15) is 9.59 Å². The van der Waals surface area contributed by atoms with Gasteiger partial charge in [-0.15, -0.1) is 11.3 Å². The van der Waals surface area contributed by atoms with E-state index in [0.717, 1.165) is 21.9 Å². The number of anilines is 1. The van der Waals surface area contributed by atoms with Crippen molar-refractivity contribution >= 4 is 34.4 Å². The Bertz CT molecular complexity index is 779. The number of amides is 2. The van der Waals surface area contributed by atoms with Crippen LogP contribution in [-0.2, 0) is 9.59 Å². The van der Waals surface area contributed by atoms with Gasteiger partial charge in [-0.25, -0.2) is 4.98 Å². The first-order valence-electron chi connectivity index (χ1n) is 7.70. The van der Waals surface area contributed by atoms with E-state index in [2.05, 4.69) is 10.3 Å². The fourth-order valence-electron chi connectivity index (χ4n) is 2.02. The van der Waals surface area contributed by atoms with E-state index in [1.165, 1.54) is 22.3 Å². The summed E-state index contributed by atoms with van der Waals surface area (Å²) < 4.78 is 5.14. The largest absolute Gasteiger partial charge is 0.497 e. The lowest BCUT2D eigenvalue weighted by Gasteiger charge is -2.14. The van der Waals surface area contributed by atoms with E-state index < -0.39 is 0 Å². The third kappa shape index (κ3) is 5.42. The van der Waals surface area contributed by atoms with Gasteiger partial charge >= 0.3 is 0 Å². The Morgan fingerprint density at radius 2 is 2.12 bits per heavy atom. The number of thiazole rings is 1. The number of ether oxygens (including phenoxy) is 1. The van der Waals surface area contributed by atoms with Crippen molar-refractivity contribution in [2.24, 2.45) is 0 Å². The van der Waals surface area contributed by atoms with Crippen LogP contribution in [0.4, 0.5) is 5.13 Å². The van der Waals surface area contributed by atoms with Crippen LogP contribution >= 0.6 is 11.3 Å². The maximum absolute atomic E-state index is 12.1. The summed E-state index contributed by atoms with van der Waals surface area (Å²) in [6.07, 6.45) is 3.12. The summed E-state index contributed by atoms with van der Waals surface area (Å²) in [5, 5.41) is 3.26. The van der Waals surface area contributed by atoms with Gasteiger partial charge < -0.3 is 15.0 Å². The highest BCUT2D eigenvalue weighted by molar-refractivity contribution is 7.15. The Hall–Kier alpha value is -2.67. The molecule has 25 heavy (non-hydrogen) atoms. The van der Waals surface area contributed by atoms with E-state index in [4.69, 9.17) is 4.74 Å². The Morgan fingerprint density at radius 3 is 2.76 bits per heavy atom. The molecule has 2 rings (SSSR count). The molecule has 1 aromatic carbocycles. The third-order valence-corrected chi connectivity index (χ3v) is 4.53. The fraction of sp³-hybridized carbons (Fsp3) is 0.278. The Kier molecular flexibility index (Phi) is 6.30. The van der Waals surface area contributed by atoms with Crippen molar-refractivity contribution in [2.45, 2.75) is 13.8 Å². The Labute approximate surface area is 151 Å². The summed E-state index contributed by atoms with van der Waals surface area (Å²) >= 11 is 1.42. The second kappa shape index (κ2) is 8.43. The summed E-state index contributed by atoms with van der Waals surface area (Å²) in [4.78, 5) is 30.8. The predicted octanol–water partition coefficient (Wildman–Crippen LogP) is 2.88. The molecular weight excluding hydrogens is 338 g/mol. The zero-order valence-corrected chi connectivity index (χ0v) is 15.5. The molecule has 2 amide bonds. The fourth-order valence-corrected chi connectivity index (χ4v) is 2.85. The summed E-state index contributed by atoms with van der Waals surface area (Å²) in [6, 6.07) is 7.37.